The molecule has 0 fully saturated rings. The van der Waals surface area contributed by atoms with Gasteiger partial charge < -0.3 is 5.32 Å². The van der Waals surface area contributed by atoms with E-state index in [9.17, 15) is 14.9 Å². The summed E-state index contributed by atoms with van der Waals surface area (Å²) >= 11 is 11.4. The van der Waals surface area contributed by atoms with E-state index >= 15 is 0 Å². The van der Waals surface area contributed by atoms with Crippen LogP contribution in [0.5, 0.6) is 0 Å². The SMILES string of the molecule is O=C(Nc1cc(Cl)ncn1)c1ccc([N+](=O)[O-])c(Cl)c1. The van der Waals surface area contributed by atoms with E-state index in [0.717, 1.165) is 6.07 Å². The number of benzene rings is 1. The van der Waals surface area contributed by atoms with Gasteiger partial charge in [0, 0.05) is 17.7 Å². The monoisotopic (exact) mass is 312 g/mol. The molecule has 9 heteroatoms. The van der Waals surface area contributed by atoms with Gasteiger partial charge in [-0.15, -0.1) is 0 Å². The minimum Gasteiger partial charge on any atom is -0.306 e. The van der Waals surface area contributed by atoms with Crippen LogP contribution in [-0.2, 0) is 0 Å². The van der Waals surface area contributed by atoms with Crippen molar-refractivity contribution in [3.63, 3.8) is 0 Å². The fraction of sp³-hybridized carbons (Fsp3) is 0. The summed E-state index contributed by atoms with van der Waals surface area (Å²) in [7, 11) is 0. The molecule has 20 heavy (non-hydrogen) atoms. The number of aromatic nitrogens is 2. The highest BCUT2D eigenvalue weighted by molar-refractivity contribution is 6.33. The van der Waals surface area contributed by atoms with Gasteiger partial charge in [0.1, 0.15) is 22.3 Å². The highest BCUT2D eigenvalue weighted by atomic mass is 35.5. The molecular formula is C11H6Cl2N4O3. The second kappa shape index (κ2) is 5.81. The maximum Gasteiger partial charge on any atom is 0.287 e. The van der Waals surface area contributed by atoms with E-state index in [2.05, 4.69) is 15.3 Å². The number of carbonyl (C=O) groups is 1. The molecular weight excluding hydrogens is 307 g/mol. The van der Waals surface area contributed by atoms with Crippen LogP contribution in [0.1, 0.15) is 10.4 Å². The lowest BCUT2D eigenvalue weighted by Crippen LogP contribution is -2.13. The number of hydrogen-bond acceptors (Lipinski definition) is 5. The van der Waals surface area contributed by atoms with Crippen LogP contribution >= 0.6 is 23.2 Å². The lowest BCUT2D eigenvalue weighted by molar-refractivity contribution is -0.384. The number of nitrogens with one attached hydrogen (secondary N) is 1. The smallest absolute Gasteiger partial charge is 0.287 e. The zero-order valence-corrected chi connectivity index (χ0v) is 11.2. The molecule has 0 aliphatic carbocycles. The molecule has 0 aliphatic rings. The minimum absolute atomic E-state index is 0.122. The van der Waals surface area contributed by atoms with Crippen LogP contribution in [0.15, 0.2) is 30.6 Å². The molecule has 0 spiro atoms. The topological polar surface area (TPSA) is 98.0 Å². The number of nitro benzene ring substituents is 1. The summed E-state index contributed by atoms with van der Waals surface area (Å²) < 4.78 is 0. The third-order valence-electron chi connectivity index (χ3n) is 2.28. The Morgan fingerprint density at radius 2 is 2.00 bits per heavy atom. The summed E-state index contributed by atoms with van der Waals surface area (Å²) in [6.45, 7) is 0. The van der Waals surface area contributed by atoms with Crippen LogP contribution in [0.2, 0.25) is 10.2 Å². The molecule has 0 atom stereocenters. The molecule has 1 amide bonds. The van der Waals surface area contributed by atoms with Gasteiger partial charge in [-0.2, -0.15) is 0 Å². The molecule has 1 N–H and O–H groups in total. The molecule has 0 radical (unpaired) electrons. The second-order valence-corrected chi connectivity index (χ2v) is 4.40. The van der Waals surface area contributed by atoms with Crippen molar-refractivity contribution >= 4 is 40.6 Å². The van der Waals surface area contributed by atoms with Crippen molar-refractivity contribution in [2.24, 2.45) is 0 Å². The number of nitro groups is 1. The van der Waals surface area contributed by atoms with Gasteiger partial charge in [-0.05, 0) is 12.1 Å². The Kier molecular flexibility index (Phi) is 4.11. The van der Waals surface area contributed by atoms with E-state index in [1.54, 1.807) is 0 Å². The van der Waals surface area contributed by atoms with Gasteiger partial charge in [-0.1, -0.05) is 23.2 Å². The van der Waals surface area contributed by atoms with Crippen molar-refractivity contribution in [2.75, 3.05) is 5.32 Å². The van der Waals surface area contributed by atoms with Crippen LogP contribution < -0.4 is 5.32 Å². The maximum atomic E-state index is 11.9. The average molecular weight is 313 g/mol. The lowest BCUT2D eigenvalue weighted by Gasteiger charge is -2.04. The fourth-order valence-corrected chi connectivity index (χ4v) is 1.78. The predicted molar refractivity (Wildman–Crippen MR) is 73.1 cm³/mol. The van der Waals surface area contributed by atoms with E-state index < -0.39 is 10.8 Å². The lowest BCUT2D eigenvalue weighted by atomic mass is 10.2. The van der Waals surface area contributed by atoms with Crippen molar-refractivity contribution in [1.82, 2.24) is 9.97 Å². The summed E-state index contributed by atoms with van der Waals surface area (Å²) in [5.41, 5.74) is -0.108. The molecule has 0 saturated carbocycles. The fourth-order valence-electron chi connectivity index (χ4n) is 1.39. The molecule has 0 unspecified atom stereocenters. The van der Waals surface area contributed by atoms with Gasteiger partial charge >= 0.3 is 0 Å². The van der Waals surface area contributed by atoms with E-state index in [-0.39, 0.29) is 27.2 Å². The molecule has 2 rings (SSSR count). The number of rotatable bonds is 3. The molecule has 1 aromatic carbocycles. The van der Waals surface area contributed by atoms with E-state index in [4.69, 9.17) is 23.2 Å². The van der Waals surface area contributed by atoms with Gasteiger partial charge in [0.2, 0.25) is 0 Å². The predicted octanol–water partition coefficient (Wildman–Crippen LogP) is 2.94. The quantitative estimate of drug-likeness (QED) is 0.533. The van der Waals surface area contributed by atoms with Gasteiger partial charge in [-0.3, -0.25) is 14.9 Å². The van der Waals surface area contributed by atoms with Crippen molar-refractivity contribution < 1.29 is 9.72 Å². The Balaban J connectivity index is 2.22. The van der Waals surface area contributed by atoms with Gasteiger partial charge in [-0.25, -0.2) is 9.97 Å². The van der Waals surface area contributed by atoms with Gasteiger partial charge in [0.25, 0.3) is 11.6 Å². The van der Waals surface area contributed by atoms with Crippen LogP contribution in [0, 0.1) is 10.1 Å². The summed E-state index contributed by atoms with van der Waals surface area (Å²) in [5, 5.41) is 13.1. The minimum atomic E-state index is -0.631. The normalized spacial score (nSPS) is 10.1. The highest BCUT2D eigenvalue weighted by Crippen LogP contribution is 2.25. The molecule has 102 valence electrons. The highest BCUT2D eigenvalue weighted by Gasteiger charge is 2.15. The molecule has 0 aliphatic heterocycles. The van der Waals surface area contributed by atoms with Crippen LogP contribution in [0.25, 0.3) is 0 Å². The van der Waals surface area contributed by atoms with Crippen molar-refractivity contribution in [2.45, 2.75) is 0 Å². The average Bonchev–Trinajstić information content (AvgIpc) is 2.38. The molecule has 1 heterocycles. The third-order valence-corrected chi connectivity index (χ3v) is 2.79. The Hall–Kier alpha value is -2.25. The molecule has 2 aromatic rings. The van der Waals surface area contributed by atoms with Crippen LogP contribution in [0.3, 0.4) is 0 Å². The summed E-state index contributed by atoms with van der Waals surface area (Å²) in [6, 6.07) is 5.02. The number of halogens is 2. The standard InChI is InChI=1S/C11H6Cl2N4O3/c12-7-3-6(1-2-8(7)17(19)20)11(18)16-10-4-9(13)14-5-15-10/h1-5H,(H,14,15,16,18). The summed E-state index contributed by atoms with van der Waals surface area (Å²) in [4.78, 5) is 29.4. The Bertz CT molecular complexity index is 693. The maximum absolute atomic E-state index is 11.9. The second-order valence-electron chi connectivity index (χ2n) is 3.60. The van der Waals surface area contributed by atoms with Crippen molar-refractivity contribution in [3.8, 4) is 0 Å². The number of anilines is 1. The Morgan fingerprint density at radius 1 is 1.25 bits per heavy atom. The largest absolute Gasteiger partial charge is 0.306 e. The zero-order valence-electron chi connectivity index (χ0n) is 9.71. The molecule has 1 aromatic heterocycles. The van der Waals surface area contributed by atoms with Gasteiger partial charge in [0.15, 0.2) is 0 Å². The molecule has 0 bridgehead atoms. The molecule has 7 nitrogen and oxygen atoms in total. The van der Waals surface area contributed by atoms with Crippen LogP contribution in [-0.4, -0.2) is 20.8 Å². The summed E-state index contributed by atoms with van der Waals surface area (Å²) in [6.07, 6.45) is 1.20. The molecule has 0 saturated heterocycles. The number of hydrogen-bond donors (Lipinski definition) is 1. The summed E-state index contributed by atoms with van der Waals surface area (Å²) in [5.74, 6) is -0.305. The van der Waals surface area contributed by atoms with Crippen LogP contribution in [0.4, 0.5) is 11.5 Å². The van der Waals surface area contributed by atoms with Crippen molar-refractivity contribution in [3.05, 3.63) is 56.4 Å². The Labute approximate surface area is 122 Å². The van der Waals surface area contributed by atoms with E-state index in [1.807, 2.05) is 0 Å². The zero-order chi connectivity index (χ0) is 14.7. The third kappa shape index (κ3) is 3.19. The first-order valence-corrected chi connectivity index (χ1v) is 5.96. The van der Waals surface area contributed by atoms with Crippen molar-refractivity contribution in [1.29, 1.82) is 0 Å². The first kappa shape index (κ1) is 14.2. The van der Waals surface area contributed by atoms with E-state index in [0.29, 0.717) is 0 Å². The first-order chi connectivity index (χ1) is 9.47. The Morgan fingerprint density at radius 3 is 2.60 bits per heavy atom. The number of carbonyl (C=O) groups excluding carboxylic acids is 1. The number of amides is 1. The van der Waals surface area contributed by atoms with E-state index in [1.165, 1.54) is 24.5 Å². The van der Waals surface area contributed by atoms with Gasteiger partial charge in [0.05, 0.1) is 4.92 Å². The number of nitrogens with zero attached hydrogens (tertiary/aromatic N) is 3. The first-order valence-electron chi connectivity index (χ1n) is 5.20.